The van der Waals surface area contributed by atoms with Crippen LogP contribution in [0.4, 0.5) is 11.5 Å². The molecule has 0 saturated heterocycles. The number of benzene rings is 1. The molecular formula is C18H23N3O2. The van der Waals surface area contributed by atoms with E-state index in [1.165, 1.54) is 0 Å². The third-order valence-electron chi connectivity index (χ3n) is 3.46. The fraction of sp³-hybridized carbons (Fsp3) is 0.333. The van der Waals surface area contributed by atoms with E-state index in [0.29, 0.717) is 35.5 Å². The Morgan fingerprint density at radius 2 is 2.04 bits per heavy atom. The van der Waals surface area contributed by atoms with Crippen LogP contribution in [0.1, 0.15) is 37.6 Å². The summed E-state index contributed by atoms with van der Waals surface area (Å²) in [5, 5.41) is 6.15. The fourth-order valence-electron chi connectivity index (χ4n) is 2.05. The topological polar surface area (TPSA) is 63.2 Å². The maximum absolute atomic E-state index is 12.5. The van der Waals surface area contributed by atoms with E-state index in [-0.39, 0.29) is 5.91 Å². The van der Waals surface area contributed by atoms with Gasteiger partial charge in [0.25, 0.3) is 5.91 Å². The van der Waals surface area contributed by atoms with Gasteiger partial charge in [0.15, 0.2) is 0 Å². The summed E-state index contributed by atoms with van der Waals surface area (Å²) in [4.78, 5) is 16.7. The molecule has 122 valence electrons. The highest BCUT2D eigenvalue weighted by Gasteiger charge is 2.11. The normalized spacial score (nSPS) is 11.6. The zero-order valence-corrected chi connectivity index (χ0v) is 13.8. The van der Waals surface area contributed by atoms with Gasteiger partial charge in [-0.2, -0.15) is 0 Å². The number of hydrogen-bond acceptors (Lipinski definition) is 4. The number of ether oxygens (including phenoxy) is 1. The molecule has 5 heteroatoms. The summed E-state index contributed by atoms with van der Waals surface area (Å²) >= 11 is 0. The van der Waals surface area contributed by atoms with Crippen LogP contribution in [0.5, 0.6) is 5.75 Å². The van der Waals surface area contributed by atoms with Crippen LogP contribution in [-0.2, 0) is 0 Å². The van der Waals surface area contributed by atoms with Gasteiger partial charge in [-0.25, -0.2) is 4.98 Å². The molecule has 0 spiro atoms. The van der Waals surface area contributed by atoms with E-state index in [1.54, 1.807) is 18.3 Å². The first-order chi connectivity index (χ1) is 11.1. The highest BCUT2D eigenvalue weighted by molar-refractivity contribution is 6.05. The van der Waals surface area contributed by atoms with Crippen molar-refractivity contribution in [1.82, 2.24) is 4.98 Å². The quantitative estimate of drug-likeness (QED) is 0.812. The number of para-hydroxylation sites is 2. The Balaban J connectivity index is 2.13. The number of nitrogens with zero attached hydrogens (tertiary/aromatic N) is 1. The molecule has 0 saturated carbocycles. The highest BCUT2D eigenvalue weighted by Crippen LogP contribution is 2.24. The SMILES string of the molecule is CCOc1ccccc1NC(=O)c1ccnc(NC(C)CC)c1. The number of hydrogen-bond donors (Lipinski definition) is 2. The molecule has 0 radical (unpaired) electrons. The fourth-order valence-corrected chi connectivity index (χ4v) is 2.05. The van der Waals surface area contributed by atoms with Crippen LogP contribution in [0.2, 0.25) is 0 Å². The first-order valence-electron chi connectivity index (χ1n) is 7.89. The average Bonchev–Trinajstić information content (AvgIpc) is 2.57. The largest absolute Gasteiger partial charge is 0.492 e. The van der Waals surface area contributed by atoms with Gasteiger partial charge < -0.3 is 15.4 Å². The van der Waals surface area contributed by atoms with E-state index >= 15 is 0 Å². The minimum Gasteiger partial charge on any atom is -0.492 e. The van der Waals surface area contributed by atoms with Gasteiger partial charge in [0.1, 0.15) is 11.6 Å². The molecule has 0 aliphatic heterocycles. The molecule has 1 unspecified atom stereocenters. The van der Waals surface area contributed by atoms with Gasteiger partial charge in [-0.05, 0) is 44.5 Å². The summed E-state index contributed by atoms with van der Waals surface area (Å²) in [7, 11) is 0. The van der Waals surface area contributed by atoms with Crippen molar-refractivity contribution in [2.24, 2.45) is 0 Å². The van der Waals surface area contributed by atoms with Gasteiger partial charge in [0, 0.05) is 17.8 Å². The zero-order chi connectivity index (χ0) is 16.7. The minimum absolute atomic E-state index is 0.188. The van der Waals surface area contributed by atoms with Crippen LogP contribution in [0, 0.1) is 0 Å². The Kier molecular flexibility index (Phi) is 5.97. The molecule has 1 amide bonds. The second-order valence-electron chi connectivity index (χ2n) is 5.27. The Morgan fingerprint density at radius 1 is 1.26 bits per heavy atom. The Labute approximate surface area is 137 Å². The second-order valence-corrected chi connectivity index (χ2v) is 5.27. The number of anilines is 2. The average molecular weight is 313 g/mol. The maximum atomic E-state index is 12.5. The predicted octanol–water partition coefficient (Wildman–Crippen LogP) is 3.94. The Bertz CT molecular complexity index is 658. The summed E-state index contributed by atoms with van der Waals surface area (Å²) < 4.78 is 5.53. The molecule has 0 fully saturated rings. The number of nitrogens with one attached hydrogen (secondary N) is 2. The van der Waals surface area contributed by atoms with Crippen molar-refractivity contribution in [2.75, 3.05) is 17.2 Å². The van der Waals surface area contributed by atoms with Crippen molar-refractivity contribution in [2.45, 2.75) is 33.2 Å². The maximum Gasteiger partial charge on any atom is 0.255 e. The van der Waals surface area contributed by atoms with Gasteiger partial charge in [0.2, 0.25) is 0 Å². The summed E-state index contributed by atoms with van der Waals surface area (Å²) in [6.07, 6.45) is 2.62. The molecule has 2 N–H and O–H groups in total. The lowest BCUT2D eigenvalue weighted by Gasteiger charge is -2.14. The monoisotopic (exact) mass is 313 g/mol. The summed E-state index contributed by atoms with van der Waals surface area (Å²) in [5.74, 6) is 1.17. The molecule has 1 aromatic heterocycles. The van der Waals surface area contributed by atoms with Gasteiger partial charge in [-0.15, -0.1) is 0 Å². The molecule has 1 heterocycles. The molecule has 1 atom stereocenters. The van der Waals surface area contributed by atoms with Crippen LogP contribution in [0.15, 0.2) is 42.6 Å². The third kappa shape index (κ3) is 4.71. The first-order valence-corrected chi connectivity index (χ1v) is 7.89. The van der Waals surface area contributed by atoms with Crippen LogP contribution < -0.4 is 15.4 Å². The lowest BCUT2D eigenvalue weighted by atomic mass is 10.2. The molecule has 2 aromatic rings. The number of carbonyl (C=O) groups excluding carboxylic acids is 1. The zero-order valence-electron chi connectivity index (χ0n) is 13.8. The number of rotatable bonds is 7. The summed E-state index contributed by atoms with van der Waals surface area (Å²) in [5.41, 5.74) is 1.21. The molecule has 2 rings (SSSR count). The van der Waals surface area contributed by atoms with Crippen LogP contribution >= 0.6 is 0 Å². The molecule has 0 aliphatic rings. The highest BCUT2D eigenvalue weighted by atomic mass is 16.5. The Hall–Kier alpha value is -2.56. The van der Waals surface area contributed by atoms with E-state index in [4.69, 9.17) is 4.74 Å². The Morgan fingerprint density at radius 3 is 2.78 bits per heavy atom. The summed E-state index contributed by atoms with van der Waals surface area (Å²) in [6.45, 7) is 6.63. The number of pyridine rings is 1. The van der Waals surface area contributed by atoms with E-state index in [2.05, 4.69) is 29.5 Å². The van der Waals surface area contributed by atoms with E-state index in [0.717, 1.165) is 6.42 Å². The standard InChI is InChI=1S/C18H23N3O2/c1-4-13(3)20-17-12-14(10-11-19-17)18(22)21-15-8-6-7-9-16(15)23-5-2/h6-13H,4-5H2,1-3H3,(H,19,20)(H,21,22). The number of aromatic nitrogens is 1. The number of amides is 1. The number of carbonyl (C=O) groups is 1. The molecule has 23 heavy (non-hydrogen) atoms. The van der Waals surface area contributed by atoms with Crippen molar-refractivity contribution in [3.05, 3.63) is 48.2 Å². The third-order valence-corrected chi connectivity index (χ3v) is 3.46. The van der Waals surface area contributed by atoms with Crippen molar-refractivity contribution in [3.8, 4) is 5.75 Å². The lowest BCUT2D eigenvalue weighted by Crippen LogP contribution is -2.16. The van der Waals surface area contributed by atoms with Gasteiger partial charge in [-0.3, -0.25) is 4.79 Å². The van der Waals surface area contributed by atoms with Crippen molar-refractivity contribution < 1.29 is 9.53 Å². The smallest absolute Gasteiger partial charge is 0.255 e. The van der Waals surface area contributed by atoms with E-state index < -0.39 is 0 Å². The second kappa shape index (κ2) is 8.17. The van der Waals surface area contributed by atoms with Crippen molar-refractivity contribution in [1.29, 1.82) is 0 Å². The summed E-state index contributed by atoms with van der Waals surface area (Å²) in [6, 6.07) is 11.1. The van der Waals surface area contributed by atoms with Gasteiger partial charge in [-0.1, -0.05) is 19.1 Å². The molecule has 5 nitrogen and oxygen atoms in total. The lowest BCUT2D eigenvalue weighted by molar-refractivity contribution is 0.102. The molecule has 0 aliphatic carbocycles. The predicted molar refractivity (Wildman–Crippen MR) is 93.2 cm³/mol. The first kappa shape index (κ1) is 16.8. The van der Waals surface area contributed by atoms with Crippen LogP contribution in [-0.4, -0.2) is 23.5 Å². The van der Waals surface area contributed by atoms with E-state index in [1.807, 2.05) is 31.2 Å². The van der Waals surface area contributed by atoms with Gasteiger partial charge >= 0.3 is 0 Å². The van der Waals surface area contributed by atoms with E-state index in [9.17, 15) is 4.79 Å². The van der Waals surface area contributed by atoms with Gasteiger partial charge in [0.05, 0.1) is 12.3 Å². The van der Waals surface area contributed by atoms with Crippen molar-refractivity contribution in [3.63, 3.8) is 0 Å². The molecular weight excluding hydrogens is 290 g/mol. The van der Waals surface area contributed by atoms with Crippen molar-refractivity contribution >= 4 is 17.4 Å². The molecule has 1 aromatic carbocycles. The van der Waals surface area contributed by atoms with Crippen LogP contribution in [0.25, 0.3) is 0 Å². The van der Waals surface area contributed by atoms with Crippen LogP contribution in [0.3, 0.4) is 0 Å². The minimum atomic E-state index is -0.188. The molecule has 0 bridgehead atoms.